The van der Waals surface area contributed by atoms with Gasteiger partial charge in [0, 0.05) is 30.4 Å². The predicted molar refractivity (Wildman–Crippen MR) is 88.0 cm³/mol. The van der Waals surface area contributed by atoms with E-state index in [-0.39, 0.29) is 0 Å². The second kappa shape index (κ2) is 5.65. The first-order chi connectivity index (χ1) is 10.2. The molecule has 0 aliphatic rings. The maximum atomic E-state index is 4.52. The van der Waals surface area contributed by atoms with E-state index in [2.05, 4.69) is 44.6 Å². The Morgan fingerprint density at radius 2 is 2.05 bits per heavy atom. The molecule has 0 aliphatic heterocycles. The first-order valence-electron chi connectivity index (χ1n) is 6.77. The number of anilines is 2. The lowest BCUT2D eigenvalue weighted by atomic mass is 10.2. The quantitative estimate of drug-likeness (QED) is 0.773. The van der Waals surface area contributed by atoms with Crippen LogP contribution >= 0.6 is 11.3 Å². The van der Waals surface area contributed by atoms with Crippen molar-refractivity contribution in [2.24, 2.45) is 0 Å². The third kappa shape index (κ3) is 2.95. The Hall–Kier alpha value is -2.21. The minimum absolute atomic E-state index is 0.633. The van der Waals surface area contributed by atoms with Crippen LogP contribution in [0.25, 0.3) is 10.2 Å². The van der Waals surface area contributed by atoms with E-state index in [9.17, 15) is 0 Å². The molecule has 0 aliphatic carbocycles. The summed E-state index contributed by atoms with van der Waals surface area (Å²) in [5.41, 5.74) is 2.15. The van der Waals surface area contributed by atoms with Crippen molar-refractivity contribution < 1.29 is 0 Å². The van der Waals surface area contributed by atoms with E-state index >= 15 is 0 Å². The molecule has 21 heavy (non-hydrogen) atoms. The first kappa shape index (κ1) is 13.8. The third-order valence-electron chi connectivity index (χ3n) is 3.17. The van der Waals surface area contributed by atoms with Gasteiger partial charge in [0.05, 0.1) is 5.39 Å². The second-order valence-corrected chi connectivity index (χ2v) is 6.12. The molecule has 6 heteroatoms. The Labute approximate surface area is 127 Å². The standard InChI is InChI=1S/C15H17N5S/c1-9-4-5-11(7-17-9)8-18-13-12-6-10(2)21-14(12)20-15(16-3)19-13/h4-7H,8H2,1-3H3,(H2,16,18,19,20). The number of fused-ring (bicyclic) bond motifs is 1. The minimum Gasteiger partial charge on any atom is -0.365 e. The van der Waals surface area contributed by atoms with Gasteiger partial charge in [-0.1, -0.05) is 6.07 Å². The number of thiophene rings is 1. The number of hydrogen-bond donors (Lipinski definition) is 2. The maximum Gasteiger partial charge on any atom is 0.225 e. The van der Waals surface area contributed by atoms with Crippen LogP contribution in [0.3, 0.4) is 0 Å². The highest BCUT2D eigenvalue weighted by molar-refractivity contribution is 7.18. The van der Waals surface area contributed by atoms with E-state index < -0.39 is 0 Å². The molecule has 0 aromatic carbocycles. The fourth-order valence-electron chi connectivity index (χ4n) is 2.08. The van der Waals surface area contributed by atoms with E-state index in [1.807, 2.05) is 26.2 Å². The van der Waals surface area contributed by atoms with Crippen LogP contribution in [0, 0.1) is 13.8 Å². The smallest absolute Gasteiger partial charge is 0.225 e. The van der Waals surface area contributed by atoms with Crippen LogP contribution in [0.5, 0.6) is 0 Å². The van der Waals surface area contributed by atoms with Crippen LogP contribution in [-0.4, -0.2) is 22.0 Å². The summed E-state index contributed by atoms with van der Waals surface area (Å²) in [6.45, 7) is 4.76. The van der Waals surface area contributed by atoms with E-state index in [1.165, 1.54) is 4.88 Å². The number of aromatic nitrogens is 3. The molecule has 3 rings (SSSR count). The average Bonchev–Trinajstić information content (AvgIpc) is 2.86. The second-order valence-electron chi connectivity index (χ2n) is 4.88. The summed E-state index contributed by atoms with van der Waals surface area (Å²) in [7, 11) is 1.83. The highest BCUT2D eigenvalue weighted by Gasteiger charge is 2.09. The third-order valence-corrected chi connectivity index (χ3v) is 4.12. The minimum atomic E-state index is 0.633. The molecule has 0 amide bonds. The van der Waals surface area contributed by atoms with Gasteiger partial charge in [-0.05, 0) is 31.5 Å². The van der Waals surface area contributed by atoms with Crippen LogP contribution in [0.4, 0.5) is 11.8 Å². The fraction of sp³-hybridized carbons (Fsp3) is 0.267. The van der Waals surface area contributed by atoms with Crippen LogP contribution in [0.2, 0.25) is 0 Å². The monoisotopic (exact) mass is 299 g/mol. The van der Waals surface area contributed by atoms with Crippen molar-refractivity contribution >= 4 is 33.3 Å². The van der Waals surface area contributed by atoms with Crippen LogP contribution in [0.15, 0.2) is 24.4 Å². The fourth-order valence-corrected chi connectivity index (χ4v) is 2.96. The van der Waals surface area contributed by atoms with Crippen LogP contribution in [0.1, 0.15) is 16.1 Å². The summed E-state index contributed by atoms with van der Waals surface area (Å²) < 4.78 is 0. The van der Waals surface area contributed by atoms with Crippen LogP contribution < -0.4 is 10.6 Å². The van der Waals surface area contributed by atoms with Gasteiger partial charge in [-0.15, -0.1) is 11.3 Å². The molecule has 108 valence electrons. The lowest BCUT2D eigenvalue weighted by Crippen LogP contribution is -2.05. The van der Waals surface area contributed by atoms with E-state index in [1.54, 1.807) is 11.3 Å². The average molecular weight is 299 g/mol. The highest BCUT2D eigenvalue weighted by atomic mass is 32.1. The number of rotatable bonds is 4. The van der Waals surface area contributed by atoms with Crippen molar-refractivity contribution in [1.29, 1.82) is 0 Å². The Morgan fingerprint density at radius 1 is 1.19 bits per heavy atom. The Bertz CT molecular complexity index is 764. The van der Waals surface area contributed by atoms with Crippen molar-refractivity contribution in [3.05, 3.63) is 40.5 Å². The molecule has 3 aromatic heterocycles. The lowest BCUT2D eigenvalue weighted by molar-refractivity contribution is 1.07. The zero-order valence-corrected chi connectivity index (χ0v) is 13.1. The first-order valence-corrected chi connectivity index (χ1v) is 7.58. The molecule has 0 saturated carbocycles. The van der Waals surface area contributed by atoms with Gasteiger partial charge in [0.1, 0.15) is 10.6 Å². The van der Waals surface area contributed by atoms with Gasteiger partial charge in [0.2, 0.25) is 5.95 Å². The Morgan fingerprint density at radius 3 is 2.76 bits per heavy atom. The van der Waals surface area contributed by atoms with Gasteiger partial charge in [-0.3, -0.25) is 4.98 Å². The highest BCUT2D eigenvalue weighted by Crippen LogP contribution is 2.29. The molecule has 0 unspecified atom stereocenters. The summed E-state index contributed by atoms with van der Waals surface area (Å²) in [4.78, 5) is 15.5. The molecule has 5 nitrogen and oxygen atoms in total. The van der Waals surface area contributed by atoms with Crippen LogP contribution in [-0.2, 0) is 6.54 Å². The van der Waals surface area contributed by atoms with Crippen molar-refractivity contribution in [3.8, 4) is 0 Å². The zero-order chi connectivity index (χ0) is 14.8. The van der Waals surface area contributed by atoms with E-state index in [4.69, 9.17) is 0 Å². The summed E-state index contributed by atoms with van der Waals surface area (Å²) >= 11 is 1.68. The van der Waals surface area contributed by atoms with Gasteiger partial charge in [0.15, 0.2) is 0 Å². The van der Waals surface area contributed by atoms with Crippen molar-refractivity contribution in [3.63, 3.8) is 0 Å². The number of nitrogens with zero attached hydrogens (tertiary/aromatic N) is 3. The molecule has 0 spiro atoms. The summed E-state index contributed by atoms with van der Waals surface area (Å²) in [5.74, 6) is 1.49. The van der Waals surface area contributed by atoms with Crippen molar-refractivity contribution in [1.82, 2.24) is 15.0 Å². The van der Waals surface area contributed by atoms with E-state index in [0.29, 0.717) is 12.5 Å². The maximum absolute atomic E-state index is 4.52. The SMILES string of the molecule is CNc1nc(NCc2ccc(C)nc2)c2cc(C)sc2n1. The Balaban J connectivity index is 1.90. The summed E-state index contributed by atoms with van der Waals surface area (Å²) in [6.07, 6.45) is 1.89. The van der Waals surface area contributed by atoms with Gasteiger partial charge in [-0.2, -0.15) is 4.98 Å². The van der Waals surface area contributed by atoms with Gasteiger partial charge in [-0.25, -0.2) is 4.98 Å². The molecule has 3 heterocycles. The molecule has 0 radical (unpaired) electrons. The molecular formula is C15H17N5S. The van der Waals surface area contributed by atoms with Gasteiger partial charge >= 0.3 is 0 Å². The summed E-state index contributed by atoms with van der Waals surface area (Å²) in [6, 6.07) is 6.21. The predicted octanol–water partition coefficient (Wildman–Crippen LogP) is 3.36. The Kier molecular flexibility index (Phi) is 3.70. The van der Waals surface area contributed by atoms with Crippen molar-refractivity contribution in [2.45, 2.75) is 20.4 Å². The van der Waals surface area contributed by atoms with Gasteiger partial charge < -0.3 is 10.6 Å². The molecule has 0 atom stereocenters. The molecule has 0 saturated heterocycles. The number of aryl methyl sites for hydroxylation is 2. The topological polar surface area (TPSA) is 62.7 Å². The summed E-state index contributed by atoms with van der Waals surface area (Å²) in [5, 5.41) is 7.46. The molecule has 0 fully saturated rings. The van der Waals surface area contributed by atoms with Gasteiger partial charge in [0.25, 0.3) is 0 Å². The molecule has 3 aromatic rings. The van der Waals surface area contributed by atoms with Crippen molar-refractivity contribution in [2.75, 3.05) is 17.7 Å². The largest absolute Gasteiger partial charge is 0.365 e. The van der Waals surface area contributed by atoms with E-state index in [0.717, 1.165) is 27.3 Å². The normalized spacial score (nSPS) is 10.8. The number of hydrogen-bond acceptors (Lipinski definition) is 6. The number of nitrogens with one attached hydrogen (secondary N) is 2. The zero-order valence-electron chi connectivity index (χ0n) is 12.3. The number of pyridine rings is 1. The molecular weight excluding hydrogens is 282 g/mol. The lowest BCUT2D eigenvalue weighted by Gasteiger charge is -2.08. The molecule has 0 bridgehead atoms. The molecule has 2 N–H and O–H groups in total.